The number of carbonyl (C=O) groups is 1. The second kappa shape index (κ2) is 7.45. The molecule has 1 aromatic heterocycles. The summed E-state index contributed by atoms with van der Waals surface area (Å²) in [5, 5.41) is 0.957. The SMILES string of the molecule is COc1ccc2c(CC(=O)N3C[C@@H](CN)[C@H](c4ccccc4)C3)coc2c1. The predicted octanol–water partition coefficient (Wildman–Crippen LogP) is 3.18. The van der Waals surface area contributed by atoms with E-state index in [1.165, 1.54) is 5.56 Å². The smallest absolute Gasteiger partial charge is 0.227 e. The van der Waals surface area contributed by atoms with E-state index >= 15 is 0 Å². The van der Waals surface area contributed by atoms with E-state index in [-0.39, 0.29) is 5.91 Å². The highest BCUT2D eigenvalue weighted by molar-refractivity contribution is 5.88. The summed E-state index contributed by atoms with van der Waals surface area (Å²) in [7, 11) is 1.62. The molecule has 0 aliphatic carbocycles. The molecular weight excluding hydrogens is 340 g/mol. The highest BCUT2D eigenvalue weighted by Crippen LogP contribution is 2.33. The zero-order valence-corrected chi connectivity index (χ0v) is 15.4. The Bertz CT molecular complexity index is 935. The molecule has 2 heterocycles. The molecule has 1 aliphatic heterocycles. The minimum Gasteiger partial charge on any atom is -0.497 e. The zero-order valence-electron chi connectivity index (χ0n) is 15.4. The molecule has 5 heteroatoms. The van der Waals surface area contributed by atoms with Crippen LogP contribution in [0.5, 0.6) is 5.75 Å². The average molecular weight is 364 g/mol. The first kappa shape index (κ1) is 17.6. The molecule has 5 nitrogen and oxygen atoms in total. The summed E-state index contributed by atoms with van der Waals surface area (Å²) in [6.07, 6.45) is 2.01. The molecule has 1 saturated heterocycles. The van der Waals surface area contributed by atoms with Crippen LogP contribution >= 0.6 is 0 Å². The second-order valence-corrected chi connectivity index (χ2v) is 7.11. The minimum absolute atomic E-state index is 0.116. The number of nitrogens with two attached hydrogens (primary N) is 1. The van der Waals surface area contributed by atoms with Gasteiger partial charge in [0.2, 0.25) is 5.91 Å². The van der Waals surface area contributed by atoms with E-state index in [1.807, 2.05) is 41.3 Å². The topological polar surface area (TPSA) is 68.7 Å². The number of furan rings is 1. The molecule has 1 amide bonds. The van der Waals surface area contributed by atoms with Crippen molar-refractivity contribution in [2.75, 3.05) is 26.7 Å². The zero-order chi connectivity index (χ0) is 18.8. The van der Waals surface area contributed by atoms with Gasteiger partial charge in [-0.25, -0.2) is 0 Å². The summed E-state index contributed by atoms with van der Waals surface area (Å²) >= 11 is 0. The van der Waals surface area contributed by atoms with Crippen molar-refractivity contribution >= 4 is 16.9 Å². The molecule has 0 saturated carbocycles. The molecule has 0 unspecified atom stereocenters. The summed E-state index contributed by atoms with van der Waals surface area (Å²) in [5.41, 5.74) is 8.89. The Morgan fingerprint density at radius 1 is 1.22 bits per heavy atom. The van der Waals surface area contributed by atoms with Gasteiger partial charge < -0.3 is 19.8 Å². The number of hydrogen-bond donors (Lipinski definition) is 1. The van der Waals surface area contributed by atoms with Crippen LogP contribution in [0.25, 0.3) is 11.0 Å². The predicted molar refractivity (Wildman–Crippen MR) is 105 cm³/mol. The first-order valence-corrected chi connectivity index (χ1v) is 9.26. The van der Waals surface area contributed by atoms with Gasteiger partial charge in [-0.05, 0) is 30.2 Å². The summed E-state index contributed by atoms with van der Waals surface area (Å²) < 4.78 is 10.8. The van der Waals surface area contributed by atoms with Crippen LogP contribution in [0.2, 0.25) is 0 Å². The maximum atomic E-state index is 12.9. The number of hydrogen-bond acceptors (Lipinski definition) is 4. The van der Waals surface area contributed by atoms with Crippen LogP contribution in [0.1, 0.15) is 17.0 Å². The van der Waals surface area contributed by atoms with Crippen molar-refractivity contribution in [2.24, 2.45) is 11.7 Å². The van der Waals surface area contributed by atoms with Gasteiger partial charge in [0.15, 0.2) is 0 Å². The Morgan fingerprint density at radius 2 is 2.04 bits per heavy atom. The first-order valence-electron chi connectivity index (χ1n) is 9.26. The largest absolute Gasteiger partial charge is 0.497 e. The van der Waals surface area contributed by atoms with Crippen molar-refractivity contribution in [3.63, 3.8) is 0 Å². The van der Waals surface area contributed by atoms with Crippen LogP contribution in [0.4, 0.5) is 0 Å². The fourth-order valence-electron chi connectivity index (χ4n) is 3.99. The van der Waals surface area contributed by atoms with E-state index in [9.17, 15) is 4.79 Å². The van der Waals surface area contributed by atoms with Gasteiger partial charge in [-0.1, -0.05) is 30.3 Å². The Labute approximate surface area is 158 Å². The lowest BCUT2D eigenvalue weighted by Gasteiger charge is -2.16. The summed E-state index contributed by atoms with van der Waals surface area (Å²) in [5.74, 6) is 1.45. The van der Waals surface area contributed by atoms with E-state index in [0.29, 0.717) is 37.9 Å². The molecule has 2 aromatic carbocycles. The molecule has 2 atom stereocenters. The standard InChI is InChI=1S/C22H24N2O3/c1-26-18-7-8-19-16(14-27-21(19)10-18)9-22(25)24-12-17(11-23)20(13-24)15-5-3-2-4-6-15/h2-8,10,14,17,20H,9,11-13,23H2,1H3/t17-,20+/m1/s1. The van der Waals surface area contributed by atoms with Crippen LogP contribution in [0, 0.1) is 5.92 Å². The minimum atomic E-state index is 0.116. The van der Waals surface area contributed by atoms with Crippen molar-refractivity contribution in [1.82, 2.24) is 4.90 Å². The van der Waals surface area contributed by atoms with Gasteiger partial charge in [0, 0.05) is 36.0 Å². The third kappa shape index (κ3) is 3.43. The number of ether oxygens (including phenoxy) is 1. The number of rotatable bonds is 5. The summed E-state index contributed by atoms with van der Waals surface area (Å²) in [4.78, 5) is 14.9. The number of fused-ring (bicyclic) bond motifs is 1. The third-order valence-electron chi connectivity index (χ3n) is 5.53. The van der Waals surface area contributed by atoms with E-state index < -0.39 is 0 Å². The highest BCUT2D eigenvalue weighted by Gasteiger charge is 2.35. The van der Waals surface area contributed by atoms with Crippen molar-refractivity contribution in [3.05, 3.63) is 65.9 Å². The molecule has 2 N–H and O–H groups in total. The number of likely N-dealkylation sites (tertiary alicyclic amines) is 1. The van der Waals surface area contributed by atoms with Crippen molar-refractivity contribution < 1.29 is 13.9 Å². The first-order chi connectivity index (χ1) is 13.2. The van der Waals surface area contributed by atoms with Gasteiger partial charge in [-0.2, -0.15) is 0 Å². The van der Waals surface area contributed by atoms with Crippen LogP contribution < -0.4 is 10.5 Å². The van der Waals surface area contributed by atoms with E-state index in [4.69, 9.17) is 14.9 Å². The van der Waals surface area contributed by atoms with Crippen molar-refractivity contribution in [2.45, 2.75) is 12.3 Å². The van der Waals surface area contributed by atoms with Crippen LogP contribution in [-0.4, -0.2) is 37.6 Å². The van der Waals surface area contributed by atoms with Gasteiger partial charge >= 0.3 is 0 Å². The summed E-state index contributed by atoms with van der Waals surface area (Å²) in [6.45, 7) is 2.00. The number of benzene rings is 2. The molecule has 27 heavy (non-hydrogen) atoms. The Balaban J connectivity index is 1.50. The molecule has 4 rings (SSSR count). The average Bonchev–Trinajstić information content (AvgIpc) is 3.32. The molecule has 140 valence electrons. The second-order valence-electron chi connectivity index (χ2n) is 7.11. The molecular formula is C22H24N2O3. The van der Waals surface area contributed by atoms with Crippen LogP contribution in [-0.2, 0) is 11.2 Å². The van der Waals surface area contributed by atoms with Crippen LogP contribution in [0.15, 0.2) is 59.2 Å². The van der Waals surface area contributed by atoms with Gasteiger partial charge in [-0.15, -0.1) is 0 Å². The molecule has 0 bridgehead atoms. The number of amides is 1. The highest BCUT2D eigenvalue weighted by atomic mass is 16.5. The maximum absolute atomic E-state index is 12.9. The fraction of sp³-hybridized carbons (Fsp3) is 0.318. The van der Waals surface area contributed by atoms with E-state index in [0.717, 1.165) is 22.3 Å². The van der Waals surface area contributed by atoms with Gasteiger partial charge in [0.1, 0.15) is 11.3 Å². The normalized spacial score (nSPS) is 19.6. The van der Waals surface area contributed by atoms with Crippen molar-refractivity contribution in [1.29, 1.82) is 0 Å². The Morgan fingerprint density at radius 3 is 2.78 bits per heavy atom. The number of nitrogens with zero attached hydrogens (tertiary/aromatic N) is 1. The lowest BCUT2D eigenvalue weighted by Crippen LogP contribution is -2.31. The van der Waals surface area contributed by atoms with Crippen molar-refractivity contribution in [3.8, 4) is 5.75 Å². The molecule has 0 spiro atoms. The molecule has 1 aliphatic rings. The van der Waals surface area contributed by atoms with E-state index in [2.05, 4.69) is 12.1 Å². The van der Waals surface area contributed by atoms with Gasteiger partial charge in [0.05, 0.1) is 19.8 Å². The third-order valence-corrected chi connectivity index (χ3v) is 5.53. The molecule has 1 fully saturated rings. The lowest BCUT2D eigenvalue weighted by molar-refractivity contribution is -0.129. The van der Waals surface area contributed by atoms with Crippen LogP contribution in [0.3, 0.4) is 0 Å². The number of methoxy groups -OCH3 is 1. The molecule has 3 aromatic rings. The number of carbonyl (C=O) groups excluding carboxylic acids is 1. The monoisotopic (exact) mass is 364 g/mol. The van der Waals surface area contributed by atoms with E-state index in [1.54, 1.807) is 13.4 Å². The Kier molecular flexibility index (Phi) is 4.86. The van der Waals surface area contributed by atoms with Gasteiger partial charge in [0.25, 0.3) is 0 Å². The fourth-order valence-corrected chi connectivity index (χ4v) is 3.99. The lowest BCUT2D eigenvalue weighted by atomic mass is 9.89. The van der Waals surface area contributed by atoms with Gasteiger partial charge in [-0.3, -0.25) is 4.79 Å². The quantitative estimate of drug-likeness (QED) is 0.755. The summed E-state index contributed by atoms with van der Waals surface area (Å²) in [6, 6.07) is 16.0. The molecule has 0 radical (unpaired) electrons. The maximum Gasteiger partial charge on any atom is 0.227 e. The Hall–Kier alpha value is -2.79.